The van der Waals surface area contributed by atoms with Gasteiger partial charge in [0.2, 0.25) is 11.6 Å². The van der Waals surface area contributed by atoms with Crippen molar-refractivity contribution in [3.8, 4) is 5.75 Å². The molecule has 3 rings (SSSR count). The molecule has 1 aromatic rings. The van der Waals surface area contributed by atoms with Crippen LogP contribution in [0, 0.1) is 17.6 Å². The lowest BCUT2D eigenvalue weighted by molar-refractivity contribution is 0.272. The second kappa shape index (κ2) is 8.47. The highest BCUT2D eigenvalue weighted by atomic mass is 19.2. The van der Waals surface area contributed by atoms with E-state index in [0.717, 1.165) is 19.3 Å². The lowest BCUT2D eigenvalue weighted by Crippen LogP contribution is -2.16. The maximum Gasteiger partial charge on any atom is 0.207 e. The van der Waals surface area contributed by atoms with Crippen molar-refractivity contribution in [2.24, 2.45) is 5.92 Å². The van der Waals surface area contributed by atoms with Crippen LogP contribution in [0.1, 0.15) is 50.2 Å². The van der Waals surface area contributed by atoms with Gasteiger partial charge in [0.25, 0.3) is 0 Å². The fraction of sp³-hybridized carbons (Fsp3) is 0.391. The fourth-order valence-corrected chi connectivity index (χ4v) is 3.92. The van der Waals surface area contributed by atoms with Gasteiger partial charge in [-0.3, -0.25) is 0 Å². The summed E-state index contributed by atoms with van der Waals surface area (Å²) in [5.41, 5.74) is 0.618. The Morgan fingerprint density at radius 2 is 2.00 bits per heavy atom. The molecule has 1 aromatic carbocycles. The third-order valence-electron chi connectivity index (χ3n) is 5.48. The molecule has 1 unspecified atom stereocenters. The van der Waals surface area contributed by atoms with Crippen LogP contribution in [-0.4, -0.2) is 7.11 Å². The van der Waals surface area contributed by atoms with E-state index in [-0.39, 0.29) is 47.0 Å². The molecule has 0 fully saturated rings. The molecule has 2 aliphatic rings. The number of allylic oxidation sites excluding steroid dienone is 4. The normalized spacial score (nSPS) is 20.9. The molecular weight excluding hydrogens is 384 g/mol. The van der Waals surface area contributed by atoms with Gasteiger partial charge in [0, 0.05) is 24.0 Å². The summed E-state index contributed by atoms with van der Waals surface area (Å²) in [7, 11) is 1.23. The van der Waals surface area contributed by atoms with Crippen LogP contribution in [0.5, 0.6) is 5.75 Å². The Kier molecular flexibility index (Phi) is 6.20. The summed E-state index contributed by atoms with van der Waals surface area (Å²) in [6, 6.07) is 1.38. The van der Waals surface area contributed by atoms with Gasteiger partial charge >= 0.3 is 0 Å². The van der Waals surface area contributed by atoms with Crippen LogP contribution < -0.4 is 4.74 Å². The van der Waals surface area contributed by atoms with Crippen LogP contribution in [0.15, 0.2) is 48.0 Å². The highest BCUT2D eigenvalue weighted by molar-refractivity contribution is 5.71. The summed E-state index contributed by atoms with van der Waals surface area (Å²) >= 11 is 0. The summed E-state index contributed by atoms with van der Waals surface area (Å²) in [6.45, 7) is 9.18. The summed E-state index contributed by atoms with van der Waals surface area (Å²) in [6.07, 6.45) is 3.21. The van der Waals surface area contributed by atoms with E-state index in [1.807, 2.05) is 6.92 Å². The molecule has 1 heterocycles. The predicted octanol–water partition coefficient (Wildman–Crippen LogP) is 7.08. The quantitative estimate of drug-likeness (QED) is 0.383. The van der Waals surface area contributed by atoms with Gasteiger partial charge in [0.15, 0.2) is 23.1 Å². The van der Waals surface area contributed by atoms with Gasteiger partial charge in [0.05, 0.1) is 7.11 Å². The number of ether oxygens (including phenoxy) is 2. The van der Waals surface area contributed by atoms with Crippen molar-refractivity contribution in [1.82, 2.24) is 0 Å². The SMILES string of the molecule is C=C(OC)/C(F)=C1/Oc2c(cc(C3=C(F)CC(CCC)CC3)c(F)c2F)CC1=C. The molecule has 0 saturated heterocycles. The molecule has 1 atom stereocenters. The first-order chi connectivity index (χ1) is 13.8. The number of benzene rings is 1. The molecule has 0 bridgehead atoms. The maximum absolute atomic E-state index is 14.8. The summed E-state index contributed by atoms with van der Waals surface area (Å²) in [5.74, 6) is -4.65. The number of fused-ring (bicyclic) bond motifs is 1. The first-order valence-electron chi connectivity index (χ1n) is 9.66. The minimum atomic E-state index is -1.27. The zero-order valence-corrected chi connectivity index (χ0v) is 16.6. The fourth-order valence-electron chi connectivity index (χ4n) is 3.92. The third-order valence-corrected chi connectivity index (χ3v) is 5.48. The number of halogens is 4. The number of rotatable bonds is 5. The average molecular weight is 408 g/mol. The second-order valence-corrected chi connectivity index (χ2v) is 7.47. The minimum absolute atomic E-state index is 0.0344. The topological polar surface area (TPSA) is 18.5 Å². The standard InChI is InChI=1S/C23H24F4O2/c1-5-6-14-7-8-16(18(24)10-14)17-11-15-9-12(2)22(19(25)13(3)28-4)29-23(15)21(27)20(17)26/h11,14H,2-3,5-10H2,1,4H3/b22-19-. The Labute approximate surface area is 168 Å². The number of hydrogen-bond donors (Lipinski definition) is 0. The van der Waals surface area contributed by atoms with Crippen LogP contribution >= 0.6 is 0 Å². The molecule has 0 amide bonds. The maximum atomic E-state index is 14.8. The highest BCUT2D eigenvalue weighted by Gasteiger charge is 2.31. The van der Waals surface area contributed by atoms with E-state index < -0.39 is 29.0 Å². The Hall–Kier alpha value is -2.50. The monoisotopic (exact) mass is 408 g/mol. The highest BCUT2D eigenvalue weighted by Crippen LogP contribution is 2.44. The van der Waals surface area contributed by atoms with Crippen molar-refractivity contribution in [2.45, 2.75) is 45.4 Å². The Balaban J connectivity index is 2.02. The minimum Gasteiger partial charge on any atom is -0.494 e. The van der Waals surface area contributed by atoms with Crippen LogP contribution in [0.3, 0.4) is 0 Å². The van der Waals surface area contributed by atoms with Crippen molar-refractivity contribution in [3.05, 3.63) is 70.7 Å². The Morgan fingerprint density at radius 1 is 1.28 bits per heavy atom. The van der Waals surface area contributed by atoms with E-state index in [2.05, 4.69) is 13.2 Å². The zero-order valence-electron chi connectivity index (χ0n) is 16.6. The largest absolute Gasteiger partial charge is 0.494 e. The van der Waals surface area contributed by atoms with E-state index >= 15 is 0 Å². The Bertz CT molecular complexity index is 927. The third kappa shape index (κ3) is 3.98. The number of methoxy groups -OCH3 is 1. The molecular formula is C23H24F4O2. The molecule has 156 valence electrons. The van der Waals surface area contributed by atoms with E-state index in [1.165, 1.54) is 13.2 Å². The lowest BCUT2D eigenvalue weighted by Gasteiger charge is -2.27. The Morgan fingerprint density at radius 3 is 2.62 bits per heavy atom. The van der Waals surface area contributed by atoms with Gasteiger partial charge in [-0.25, -0.2) is 8.78 Å². The van der Waals surface area contributed by atoms with Crippen LogP contribution in [0.2, 0.25) is 0 Å². The molecule has 0 radical (unpaired) electrons. The van der Waals surface area contributed by atoms with Crippen LogP contribution in [0.25, 0.3) is 5.57 Å². The van der Waals surface area contributed by atoms with Crippen LogP contribution in [0.4, 0.5) is 17.6 Å². The van der Waals surface area contributed by atoms with Crippen molar-refractivity contribution in [3.63, 3.8) is 0 Å². The average Bonchev–Trinajstić information content (AvgIpc) is 2.70. The zero-order chi connectivity index (χ0) is 21.3. The number of hydrogen-bond acceptors (Lipinski definition) is 2. The van der Waals surface area contributed by atoms with E-state index in [1.54, 1.807) is 0 Å². The van der Waals surface area contributed by atoms with E-state index in [9.17, 15) is 17.6 Å². The van der Waals surface area contributed by atoms with Crippen molar-refractivity contribution in [1.29, 1.82) is 0 Å². The molecule has 0 saturated carbocycles. The first-order valence-corrected chi connectivity index (χ1v) is 9.66. The molecule has 2 nitrogen and oxygen atoms in total. The predicted molar refractivity (Wildman–Crippen MR) is 104 cm³/mol. The van der Waals surface area contributed by atoms with Crippen molar-refractivity contribution >= 4 is 5.57 Å². The van der Waals surface area contributed by atoms with Gasteiger partial charge in [-0.15, -0.1) is 0 Å². The van der Waals surface area contributed by atoms with E-state index in [4.69, 9.17) is 9.47 Å². The summed E-state index contributed by atoms with van der Waals surface area (Å²) in [4.78, 5) is 0. The molecule has 6 heteroatoms. The first kappa shape index (κ1) is 21.2. The van der Waals surface area contributed by atoms with Crippen molar-refractivity contribution in [2.75, 3.05) is 7.11 Å². The van der Waals surface area contributed by atoms with Crippen LogP contribution in [-0.2, 0) is 11.2 Å². The summed E-state index contributed by atoms with van der Waals surface area (Å²) in [5, 5.41) is 0. The molecule has 1 aliphatic heterocycles. The lowest BCUT2D eigenvalue weighted by atomic mass is 9.82. The van der Waals surface area contributed by atoms with E-state index in [0.29, 0.717) is 12.0 Å². The van der Waals surface area contributed by atoms with Gasteiger partial charge in [-0.05, 0) is 36.0 Å². The summed E-state index contributed by atoms with van der Waals surface area (Å²) < 4.78 is 68.7. The van der Waals surface area contributed by atoms with Gasteiger partial charge in [-0.2, -0.15) is 8.78 Å². The molecule has 0 spiro atoms. The van der Waals surface area contributed by atoms with Gasteiger partial charge < -0.3 is 9.47 Å². The molecule has 29 heavy (non-hydrogen) atoms. The second-order valence-electron chi connectivity index (χ2n) is 7.47. The van der Waals surface area contributed by atoms with Gasteiger partial charge in [-0.1, -0.05) is 32.9 Å². The van der Waals surface area contributed by atoms with Crippen molar-refractivity contribution < 1.29 is 27.0 Å². The molecule has 0 aromatic heterocycles. The molecule has 1 aliphatic carbocycles. The van der Waals surface area contributed by atoms with Gasteiger partial charge in [0.1, 0.15) is 5.83 Å². The molecule has 0 N–H and O–H groups in total. The smallest absolute Gasteiger partial charge is 0.207 e.